The molecule has 2 rings (SSSR count). The molecule has 16 heavy (non-hydrogen) atoms. The quantitative estimate of drug-likeness (QED) is 0.704. The fourth-order valence-electron chi connectivity index (χ4n) is 2.22. The van der Waals surface area contributed by atoms with Gasteiger partial charge in [-0.25, -0.2) is 0 Å². The predicted molar refractivity (Wildman–Crippen MR) is 60.8 cm³/mol. The maximum absolute atomic E-state index is 12.0. The molecule has 1 aliphatic carbocycles. The Labute approximate surface area is 95.7 Å². The minimum atomic E-state index is -0.0359. The molecule has 1 aliphatic heterocycles. The van der Waals surface area contributed by atoms with Crippen LogP contribution in [0.5, 0.6) is 0 Å². The number of amides is 2. The van der Waals surface area contributed by atoms with Gasteiger partial charge in [0.1, 0.15) is 0 Å². The molecule has 0 bridgehead atoms. The molecule has 1 heterocycles. The molecule has 0 aromatic carbocycles. The summed E-state index contributed by atoms with van der Waals surface area (Å²) in [7, 11) is 0. The lowest BCUT2D eigenvalue weighted by Gasteiger charge is -2.19. The van der Waals surface area contributed by atoms with E-state index in [4.69, 9.17) is 0 Å². The molecule has 88 valence electrons. The molecule has 1 saturated heterocycles. The Bertz CT molecular complexity index is 323. The van der Waals surface area contributed by atoms with Crippen LogP contribution in [0.1, 0.15) is 32.1 Å². The van der Waals surface area contributed by atoms with E-state index in [-0.39, 0.29) is 18.4 Å². The second kappa shape index (κ2) is 5.14. The second-order valence-corrected chi connectivity index (χ2v) is 4.45. The maximum atomic E-state index is 12.0. The van der Waals surface area contributed by atoms with Crippen LogP contribution in [0.15, 0.2) is 11.6 Å². The number of allylic oxidation sites excluding steroid dienone is 1. The van der Waals surface area contributed by atoms with E-state index in [1.807, 2.05) is 0 Å². The highest BCUT2D eigenvalue weighted by atomic mass is 16.2. The van der Waals surface area contributed by atoms with Crippen molar-refractivity contribution in [1.29, 1.82) is 0 Å². The van der Waals surface area contributed by atoms with Gasteiger partial charge in [-0.2, -0.15) is 0 Å². The van der Waals surface area contributed by atoms with Gasteiger partial charge in [-0.15, -0.1) is 0 Å². The van der Waals surface area contributed by atoms with E-state index in [9.17, 15) is 9.59 Å². The highest BCUT2D eigenvalue weighted by Crippen LogP contribution is 2.21. The molecule has 0 unspecified atom stereocenters. The van der Waals surface area contributed by atoms with E-state index < -0.39 is 0 Å². The summed E-state index contributed by atoms with van der Waals surface area (Å²) in [6.45, 7) is 1.61. The normalized spacial score (nSPS) is 21.4. The summed E-state index contributed by atoms with van der Waals surface area (Å²) < 4.78 is 0. The average molecular weight is 222 g/mol. The van der Waals surface area contributed by atoms with Crippen LogP contribution in [-0.2, 0) is 9.59 Å². The minimum absolute atomic E-state index is 0.0359. The van der Waals surface area contributed by atoms with Crippen molar-refractivity contribution in [3.05, 3.63) is 11.6 Å². The zero-order valence-electron chi connectivity index (χ0n) is 9.50. The van der Waals surface area contributed by atoms with Gasteiger partial charge in [-0.05, 0) is 25.7 Å². The number of hydrogen-bond acceptors (Lipinski definition) is 2. The summed E-state index contributed by atoms with van der Waals surface area (Å²) in [6.07, 6.45) is 6.84. The summed E-state index contributed by atoms with van der Waals surface area (Å²) in [4.78, 5) is 25.0. The van der Waals surface area contributed by atoms with Gasteiger partial charge >= 0.3 is 0 Å². The highest BCUT2D eigenvalue weighted by Gasteiger charge is 2.20. The van der Waals surface area contributed by atoms with Gasteiger partial charge in [-0.1, -0.05) is 11.6 Å². The van der Waals surface area contributed by atoms with Gasteiger partial charge in [0.15, 0.2) is 0 Å². The number of hydrogen-bond donors (Lipinski definition) is 1. The lowest BCUT2D eigenvalue weighted by Crippen LogP contribution is -2.37. The van der Waals surface area contributed by atoms with Crippen LogP contribution in [0.25, 0.3) is 0 Å². The molecule has 0 radical (unpaired) electrons. The molecule has 4 nitrogen and oxygen atoms in total. The molecule has 2 aliphatic rings. The highest BCUT2D eigenvalue weighted by molar-refractivity contribution is 5.86. The molecular weight excluding hydrogens is 204 g/mol. The van der Waals surface area contributed by atoms with E-state index in [0.717, 1.165) is 19.3 Å². The van der Waals surface area contributed by atoms with Gasteiger partial charge in [0.05, 0.1) is 6.54 Å². The third kappa shape index (κ3) is 2.84. The van der Waals surface area contributed by atoms with E-state index in [0.29, 0.717) is 19.5 Å². The van der Waals surface area contributed by atoms with Gasteiger partial charge in [0.2, 0.25) is 11.8 Å². The third-order valence-corrected chi connectivity index (χ3v) is 3.13. The number of nitrogens with one attached hydrogen (secondary N) is 1. The van der Waals surface area contributed by atoms with Gasteiger partial charge in [0, 0.05) is 19.5 Å². The SMILES string of the molecule is O=C1CN(C(=O)CC2=CCCC2)CCCN1. The summed E-state index contributed by atoms with van der Waals surface area (Å²) in [5, 5.41) is 2.78. The molecular formula is C12H18N2O2. The van der Waals surface area contributed by atoms with Crippen LogP contribution in [0.3, 0.4) is 0 Å². The summed E-state index contributed by atoms with van der Waals surface area (Å²) in [6, 6.07) is 0. The van der Waals surface area contributed by atoms with Crippen molar-refractivity contribution in [3.63, 3.8) is 0 Å². The molecule has 0 aromatic rings. The molecule has 0 spiro atoms. The van der Waals surface area contributed by atoms with Crippen molar-refractivity contribution in [2.45, 2.75) is 32.1 Å². The predicted octanol–water partition coefficient (Wildman–Crippen LogP) is 0.835. The first-order valence-electron chi connectivity index (χ1n) is 5.98. The zero-order valence-corrected chi connectivity index (χ0v) is 9.50. The summed E-state index contributed by atoms with van der Waals surface area (Å²) in [5.74, 6) is 0.0662. The minimum Gasteiger partial charge on any atom is -0.354 e. The van der Waals surface area contributed by atoms with Crippen molar-refractivity contribution in [2.24, 2.45) is 0 Å². The lowest BCUT2D eigenvalue weighted by molar-refractivity contribution is -0.134. The van der Waals surface area contributed by atoms with Gasteiger partial charge in [-0.3, -0.25) is 9.59 Å². The molecule has 2 amide bonds. The van der Waals surface area contributed by atoms with Crippen LogP contribution in [-0.4, -0.2) is 36.3 Å². The summed E-state index contributed by atoms with van der Waals surface area (Å²) >= 11 is 0. The molecule has 1 N–H and O–H groups in total. The Balaban J connectivity index is 1.89. The van der Waals surface area contributed by atoms with Crippen LogP contribution in [0.4, 0.5) is 0 Å². The number of rotatable bonds is 2. The van der Waals surface area contributed by atoms with Gasteiger partial charge < -0.3 is 10.2 Å². The fraction of sp³-hybridized carbons (Fsp3) is 0.667. The standard InChI is InChI=1S/C12H18N2O2/c15-11-9-14(7-3-6-13-11)12(16)8-10-4-1-2-5-10/h4H,1-3,5-9H2,(H,13,15). The van der Waals surface area contributed by atoms with E-state index in [1.54, 1.807) is 4.90 Å². The van der Waals surface area contributed by atoms with Crippen molar-refractivity contribution < 1.29 is 9.59 Å². The molecule has 0 aromatic heterocycles. The topological polar surface area (TPSA) is 49.4 Å². The first kappa shape index (κ1) is 11.2. The largest absolute Gasteiger partial charge is 0.354 e. The van der Waals surface area contributed by atoms with Crippen LogP contribution in [0, 0.1) is 0 Å². The van der Waals surface area contributed by atoms with Crippen molar-refractivity contribution in [1.82, 2.24) is 10.2 Å². The van der Waals surface area contributed by atoms with Crippen molar-refractivity contribution >= 4 is 11.8 Å². The Morgan fingerprint density at radius 2 is 2.31 bits per heavy atom. The van der Waals surface area contributed by atoms with Crippen molar-refractivity contribution in [3.8, 4) is 0 Å². The van der Waals surface area contributed by atoms with Crippen LogP contribution < -0.4 is 5.32 Å². The lowest BCUT2D eigenvalue weighted by atomic mass is 10.1. The smallest absolute Gasteiger partial charge is 0.239 e. The monoisotopic (exact) mass is 222 g/mol. The molecule has 0 atom stereocenters. The van der Waals surface area contributed by atoms with Gasteiger partial charge in [0.25, 0.3) is 0 Å². The number of carbonyl (C=O) groups is 2. The zero-order chi connectivity index (χ0) is 11.4. The Hall–Kier alpha value is -1.32. The first-order valence-corrected chi connectivity index (χ1v) is 5.98. The van der Waals surface area contributed by atoms with Crippen LogP contribution >= 0.6 is 0 Å². The average Bonchev–Trinajstić information content (AvgIpc) is 2.65. The Morgan fingerprint density at radius 1 is 1.44 bits per heavy atom. The number of nitrogens with zero attached hydrogens (tertiary/aromatic N) is 1. The Morgan fingerprint density at radius 3 is 3.06 bits per heavy atom. The molecule has 4 heteroatoms. The summed E-state index contributed by atoms with van der Waals surface area (Å²) in [5.41, 5.74) is 1.25. The third-order valence-electron chi connectivity index (χ3n) is 3.13. The van der Waals surface area contributed by atoms with E-state index in [1.165, 1.54) is 12.0 Å². The van der Waals surface area contributed by atoms with E-state index >= 15 is 0 Å². The second-order valence-electron chi connectivity index (χ2n) is 4.45. The Kier molecular flexibility index (Phi) is 3.59. The fourth-order valence-corrected chi connectivity index (χ4v) is 2.22. The molecule has 0 saturated carbocycles. The van der Waals surface area contributed by atoms with E-state index in [2.05, 4.69) is 11.4 Å². The number of carbonyl (C=O) groups excluding carboxylic acids is 2. The maximum Gasteiger partial charge on any atom is 0.239 e. The van der Waals surface area contributed by atoms with Crippen LogP contribution in [0.2, 0.25) is 0 Å². The first-order chi connectivity index (χ1) is 7.75. The molecule has 1 fully saturated rings. The van der Waals surface area contributed by atoms with Crippen molar-refractivity contribution in [2.75, 3.05) is 19.6 Å².